The fraction of sp³-hybridized carbons (Fsp3) is 0.364. The second-order valence-corrected chi connectivity index (χ2v) is 5.88. The molecule has 0 unspecified atom stereocenters. The zero-order chi connectivity index (χ0) is 13.2. The molecule has 0 bridgehead atoms. The molecule has 0 heterocycles. The second-order valence-electron chi connectivity index (χ2n) is 4.16. The molecule has 1 aliphatic carbocycles. The molecule has 0 spiro atoms. The van der Waals surface area contributed by atoms with E-state index in [0.29, 0.717) is 12.8 Å². The van der Waals surface area contributed by atoms with Gasteiger partial charge in [0.2, 0.25) is 10.0 Å². The first-order chi connectivity index (χ1) is 8.47. The normalized spacial score (nSPS) is 23.1. The van der Waals surface area contributed by atoms with Crippen molar-refractivity contribution in [3.63, 3.8) is 0 Å². The molecule has 0 atom stereocenters. The molecular formula is C11H14N2O4S. The average Bonchev–Trinajstić information content (AvgIpc) is 2.26. The quantitative estimate of drug-likeness (QED) is 0.836. The van der Waals surface area contributed by atoms with E-state index in [1.807, 2.05) is 0 Å². The van der Waals surface area contributed by atoms with Crippen molar-refractivity contribution < 1.29 is 17.9 Å². The molecule has 18 heavy (non-hydrogen) atoms. The van der Waals surface area contributed by atoms with Crippen LogP contribution in [-0.2, 0) is 14.8 Å². The van der Waals surface area contributed by atoms with Crippen LogP contribution in [0.3, 0.4) is 0 Å². The van der Waals surface area contributed by atoms with Gasteiger partial charge < -0.3 is 10.5 Å². The van der Waals surface area contributed by atoms with Crippen molar-refractivity contribution in [2.45, 2.75) is 29.9 Å². The molecule has 98 valence electrons. The molecule has 0 saturated heterocycles. The van der Waals surface area contributed by atoms with E-state index in [1.165, 1.54) is 12.1 Å². The summed E-state index contributed by atoms with van der Waals surface area (Å²) in [6.45, 7) is 0. The van der Waals surface area contributed by atoms with Gasteiger partial charge >= 0.3 is 6.09 Å². The van der Waals surface area contributed by atoms with E-state index in [-0.39, 0.29) is 17.0 Å². The molecule has 0 aliphatic heterocycles. The minimum absolute atomic E-state index is 0.209. The molecule has 6 nitrogen and oxygen atoms in total. The molecule has 1 aromatic rings. The van der Waals surface area contributed by atoms with Crippen molar-refractivity contribution in [2.75, 3.05) is 0 Å². The lowest BCUT2D eigenvalue weighted by Gasteiger charge is -2.34. The Labute approximate surface area is 105 Å². The minimum atomic E-state index is -3.49. The fourth-order valence-corrected chi connectivity index (χ4v) is 3.09. The standard InChI is InChI=1S/C11H14N2O4S/c12-11(14)17-9-6-8(7-9)13-18(15,16)10-4-2-1-3-5-10/h1-5,8-9,13H,6-7H2,(H2,12,14). The van der Waals surface area contributed by atoms with Gasteiger partial charge in [0.25, 0.3) is 0 Å². The molecule has 1 aromatic carbocycles. The van der Waals surface area contributed by atoms with Gasteiger partial charge in [0, 0.05) is 18.9 Å². The number of amides is 1. The number of carbonyl (C=O) groups is 1. The van der Waals surface area contributed by atoms with Gasteiger partial charge in [-0.2, -0.15) is 0 Å². The lowest BCUT2D eigenvalue weighted by Crippen LogP contribution is -2.48. The van der Waals surface area contributed by atoms with Crippen LogP contribution in [0.1, 0.15) is 12.8 Å². The highest BCUT2D eigenvalue weighted by molar-refractivity contribution is 7.89. The third-order valence-electron chi connectivity index (χ3n) is 2.75. The van der Waals surface area contributed by atoms with E-state index in [0.717, 1.165) is 0 Å². The van der Waals surface area contributed by atoms with Crippen LogP contribution < -0.4 is 10.5 Å². The number of sulfonamides is 1. The summed E-state index contributed by atoms with van der Waals surface area (Å²) < 4.78 is 31.1. The smallest absolute Gasteiger partial charge is 0.404 e. The Morgan fingerprint density at radius 1 is 1.28 bits per heavy atom. The largest absolute Gasteiger partial charge is 0.446 e. The molecule has 1 saturated carbocycles. The predicted molar refractivity (Wildman–Crippen MR) is 64.2 cm³/mol. The molecule has 2 rings (SSSR count). The van der Waals surface area contributed by atoms with Crippen LogP contribution in [0, 0.1) is 0 Å². The summed E-state index contributed by atoms with van der Waals surface area (Å²) in [5.74, 6) is 0. The van der Waals surface area contributed by atoms with Crippen molar-refractivity contribution in [3.05, 3.63) is 30.3 Å². The fourth-order valence-electron chi connectivity index (χ4n) is 1.81. The van der Waals surface area contributed by atoms with E-state index < -0.39 is 16.1 Å². The summed E-state index contributed by atoms with van der Waals surface area (Å²) in [6, 6.07) is 7.91. The maximum atomic E-state index is 11.9. The number of rotatable bonds is 4. The van der Waals surface area contributed by atoms with Crippen LogP contribution >= 0.6 is 0 Å². The molecule has 7 heteroatoms. The average molecular weight is 270 g/mol. The monoisotopic (exact) mass is 270 g/mol. The number of nitrogens with one attached hydrogen (secondary N) is 1. The number of primary amides is 1. The summed E-state index contributed by atoms with van der Waals surface area (Å²) in [5, 5.41) is 0. The van der Waals surface area contributed by atoms with Gasteiger partial charge in [-0.1, -0.05) is 18.2 Å². The topological polar surface area (TPSA) is 98.5 Å². The van der Waals surface area contributed by atoms with E-state index in [1.54, 1.807) is 18.2 Å². The second kappa shape index (κ2) is 4.95. The van der Waals surface area contributed by atoms with Gasteiger partial charge in [-0.25, -0.2) is 17.9 Å². The minimum Gasteiger partial charge on any atom is -0.446 e. The molecule has 3 N–H and O–H groups in total. The summed E-state index contributed by atoms with van der Waals surface area (Å²) in [7, 11) is -3.49. The summed E-state index contributed by atoms with van der Waals surface area (Å²) >= 11 is 0. The Morgan fingerprint density at radius 3 is 2.44 bits per heavy atom. The number of carbonyl (C=O) groups excluding carboxylic acids is 1. The Morgan fingerprint density at radius 2 is 1.89 bits per heavy atom. The Bertz CT molecular complexity index is 523. The van der Waals surface area contributed by atoms with Gasteiger partial charge in [0.15, 0.2) is 0 Å². The Kier molecular flexibility index (Phi) is 3.53. The van der Waals surface area contributed by atoms with Gasteiger partial charge in [0.1, 0.15) is 6.10 Å². The first kappa shape index (κ1) is 12.8. The van der Waals surface area contributed by atoms with Crippen molar-refractivity contribution in [2.24, 2.45) is 5.73 Å². The molecule has 0 radical (unpaired) electrons. The van der Waals surface area contributed by atoms with Crippen LogP contribution in [0.5, 0.6) is 0 Å². The van der Waals surface area contributed by atoms with Crippen molar-refractivity contribution in [3.8, 4) is 0 Å². The van der Waals surface area contributed by atoms with Crippen LogP contribution in [0.4, 0.5) is 4.79 Å². The summed E-state index contributed by atoms with van der Waals surface area (Å²) in [6.07, 6.45) is -0.209. The zero-order valence-electron chi connectivity index (χ0n) is 9.57. The van der Waals surface area contributed by atoms with E-state index in [4.69, 9.17) is 10.5 Å². The SMILES string of the molecule is NC(=O)OC1CC(NS(=O)(=O)c2ccccc2)C1. The third kappa shape index (κ3) is 2.99. The van der Waals surface area contributed by atoms with E-state index >= 15 is 0 Å². The Balaban J connectivity index is 1.90. The molecule has 0 aromatic heterocycles. The number of ether oxygens (including phenoxy) is 1. The van der Waals surface area contributed by atoms with Crippen LogP contribution in [0.2, 0.25) is 0 Å². The van der Waals surface area contributed by atoms with Crippen molar-refractivity contribution >= 4 is 16.1 Å². The van der Waals surface area contributed by atoms with Gasteiger partial charge in [-0.15, -0.1) is 0 Å². The van der Waals surface area contributed by atoms with E-state index in [2.05, 4.69) is 4.72 Å². The lowest BCUT2D eigenvalue weighted by atomic mass is 9.90. The molecular weight excluding hydrogens is 256 g/mol. The summed E-state index contributed by atoms with van der Waals surface area (Å²) in [4.78, 5) is 10.7. The van der Waals surface area contributed by atoms with E-state index in [9.17, 15) is 13.2 Å². The predicted octanol–water partition coefficient (Wildman–Crippen LogP) is 0.591. The van der Waals surface area contributed by atoms with Crippen molar-refractivity contribution in [1.82, 2.24) is 4.72 Å². The number of nitrogens with two attached hydrogens (primary N) is 1. The lowest BCUT2D eigenvalue weighted by molar-refractivity contribution is 0.0434. The highest BCUT2D eigenvalue weighted by Crippen LogP contribution is 2.25. The first-order valence-electron chi connectivity index (χ1n) is 5.51. The number of hydrogen-bond acceptors (Lipinski definition) is 4. The maximum Gasteiger partial charge on any atom is 0.404 e. The Hall–Kier alpha value is -1.60. The molecule has 1 fully saturated rings. The third-order valence-corrected chi connectivity index (χ3v) is 4.29. The van der Waals surface area contributed by atoms with Crippen LogP contribution in [-0.4, -0.2) is 26.7 Å². The number of benzene rings is 1. The highest BCUT2D eigenvalue weighted by Gasteiger charge is 2.34. The van der Waals surface area contributed by atoms with Gasteiger partial charge in [0.05, 0.1) is 4.90 Å². The molecule has 1 amide bonds. The van der Waals surface area contributed by atoms with Gasteiger partial charge in [-0.05, 0) is 12.1 Å². The zero-order valence-corrected chi connectivity index (χ0v) is 10.4. The first-order valence-corrected chi connectivity index (χ1v) is 6.99. The maximum absolute atomic E-state index is 11.9. The van der Waals surface area contributed by atoms with Crippen LogP contribution in [0.25, 0.3) is 0 Å². The summed E-state index contributed by atoms with van der Waals surface area (Å²) in [5.41, 5.74) is 4.87. The van der Waals surface area contributed by atoms with Crippen molar-refractivity contribution in [1.29, 1.82) is 0 Å². The number of hydrogen-bond donors (Lipinski definition) is 2. The highest BCUT2D eigenvalue weighted by atomic mass is 32.2. The molecule has 1 aliphatic rings. The van der Waals surface area contributed by atoms with Crippen LogP contribution in [0.15, 0.2) is 35.2 Å². The van der Waals surface area contributed by atoms with Gasteiger partial charge in [-0.3, -0.25) is 0 Å².